The zero-order chi connectivity index (χ0) is 15.1. The van der Waals surface area contributed by atoms with E-state index in [-0.39, 0.29) is 6.04 Å². The number of halogens is 1. The van der Waals surface area contributed by atoms with Crippen LogP contribution in [0.2, 0.25) is 5.02 Å². The number of nitrogens with two attached hydrogens (primary N) is 1. The van der Waals surface area contributed by atoms with Crippen molar-refractivity contribution in [3.63, 3.8) is 0 Å². The molecule has 0 amide bonds. The fraction of sp³-hybridized carbons (Fsp3) is 0.294. The van der Waals surface area contributed by atoms with Gasteiger partial charge in [0.2, 0.25) is 0 Å². The predicted octanol–water partition coefficient (Wildman–Crippen LogP) is 3.88. The van der Waals surface area contributed by atoms with E-state index in [1.165, 1.54) is 0 Å². The predicted molar refractivity (Wildman–Crippen MR) is 87.4 cm³/mol. The molecule has 2 aromatic carbocycles. The van der Waals surface area contributed by atoms with Gasteiger partial charge in [0, 0.05) is 10.6 Å². The van der Waals surface area contributed by atoms with Gasteiger partial charge in [-0.15, -0.1) is 0 Å². The van der Waals surface area contributed by atoms with E-state index in [1.807, 2.05) is 48.5 Å². The van der Waals surface area contributed by atoms with Crippen LogP contribution in [0.1, 0.15) is 30.5 Å². The number of hydrogen-bond donors (Lipinski definition) is 2. The second-order valence-corrected chi connectivity index (χ2v) is 5.31. The molecule has 21 heavy (non-hydrogen) atoms. The highest BCUT2D eigenvalue weighted by Gasteiger charge is 2.16. The molecule has 0 aliphatic rings. The minimum Gasteiger partial charge on any atom is -0.493 e. The van der Waals surface area contributed by atoms with Crippen LogP contribution in [0.25, 0.3) is 0 Å². The third-order valence-corrected chi connectivity index (χ3v) is 3.71. The van der Waals surface area contributed by atoms with E-state index in [0.29, 0.717) is 13.0 Å². The lowest BCUT2D eigenvalue weighted by atomic mass is 9.98. The van der Waals surface area contributed by atoms with Crippen LogP contribution < -0.4 is 16.0 Å². The molecule has 112 valence electrons. The van der Waals surface area contributed by atoms with E-state index < -0.39 is 0 Å². The second kappa shape index (κ2) is 8.03. The smallest absolute Gasteiger partial charge is 0.124 e. The maximum atomic E-state index is 6.24. The highest BCUT2D eigenvalue weighted by molar-refractivity contribution is 6.31. The summed E-state index contributed by atoms with van der Waals surface area (Å²) in [5.74, 6) is 6.62. The maximum absolute atomic E-state index is 6.24. The van der Waals surface area contributed by atoms with Gasteiger partial charge in [-0.1, -0.05) is 54.9 Å². The molecule has 1 atom stereocenters. The van der Waals surface area contributed by atoms with Gasteiger partial charge in [0.15, 0.2) is 0 Å². The standard InChI is InChI=1S/C17H21ClN2O/c1-2-11-21-17-10-6-4-8-14(17)16(20-19)12-13-7-3-5-9-15(13)18/h3-10,16,20H,2,11-12,19H2,1H3. The average Bonchev–Trinajstić information content (AvgIpc) is 2.52. The first-order valence-corrected chi connectivity index (χ1v) is 7.55. The normalized spacial score (nSPS) is 12.1. The van der Waals surface area contributed by atoms with Gasteiger partial charge in [0.05, 0.1) is 12.6 Å². The summed E-state index contributed by atoms with van der Waals surface area (Å²) in [7, 11) is 0. The molecule has 0 radical (unpaired) electrons. The highest BCUT2D eigenvalue weighted by atomic mass is 35.5. The van der Waals surface area contributed by atoms with Crippen LogP contribution in [0.5, 0.6) is 5.75 Å². The Morgan fingerprint density at radius 1 is 1.14 bits per heavy atom. The Hall–Kier alpha value is -1.55. The molecule has 4 heteroatoms. The van der Waals surface area contributed by atoms with Crippen molar-refractivity contribution in [3.8, 4) is 5.75 Å². The van der Waals surface area contributed by atoms with Crippen molar-refractivity contribution in [3.05, 3.63) is 64.7 Å². The molecule has 3 nitrogen and oxygen atoms in total. The molecule has 0 aliphatic heterocycles. The number of hydrogen-bond acceptors (Lipinski definition) is 3. The van der Waals surface area contributed by atoms with Gasteiger partial charge in [-0.3, -0.25) is 11.3 Å². The highest BCUT2D eigenvalue weighted by Crippen LogP contribution is 2.29. The van der Waals surface area contributed by atoms with Crippen LogP contribution in [0.4, 0.5) is 0 Å². The topological polar surface area (TPSA) is 47.3 Å². The zero-order valence-electron chi connectivity index (χ0n) is 12.2. The van der Waals surface area contributed by atoms with Gasteiger partial charge in [-0.05, 0) is 30.5 Å². The summed E-state index contributed by atoms with van der Waals surface area (Å²) in [6, 6.07) is 15.7. The molecule has 0 aromatic heterocycles. The number of benzene rings is 2. The van der Waals surface area contributed by atoms with E-state index >= 15 is 0 Å². The molecule has 0 fully saturated rings. The Labute approximate surface area is 131 Å². The van der Waals surface area contributed by atoms with E-state index in [9.17, 15) is 0 Å². The van der Waals surface area contributed by atoms with Gasteiger partial charge in [0.25, 0.3) is 0 Å². The third kappa shape index (κ3) is 4.21. The summed E-state index contributed by atoms with van der Waals surface area (Å²) in [6.45, 7) is 2.78. The average molecular weight is 305 g/mol. The minimum atomic E-state index is -0.0436. The summed E-state index contributed by atoms with van der Waals surface area (Å²) in [5.41, 5.74) is 4.98. The molecule has 0 spiro atoms. The second-order valence-electron chi connectivity index (χ2n) is 4.90. The third-order valence-electron chi connectivity index (χ3n) is 3.34. The molecular formula is C17H21ClN2O. The van der Waals surface area contributed by atoms with Crippen molar-refractivity contribution in [2.75, 3.05) is 6.61 Å². The van der Waals surface area contributed by atoms with E-state index in [4.69, 9.17) is 22.2 Å². The van der Waals surface area contributed by atoms with Gasteiger partial charge in [-0.2, -0.15) is 0 Å². The molecular weight excluding hydrogens is 284 g/mol. The molecule has 0 aliphatic carbocycles. The van der Waals surface area contributed by atoms with Crippen molar-refractivity contribution in [1.82, 2.24) is 5.43 Å². The number of ether oxygens (including phenoxy) is 1. The van der Waals surface area contributed by atoms with Crippen LogP contribution in [0, 0.1) is 0 Å². The quantitative estimate of drug-likeness (QED) is 0.603. The maximum Gasteiger partial charge on any atom is 0.124 e. The fourth-order valence-electron chi connectivity index (χ4n) is 2.25. The molecule has 2 aromatic rings. The van der Waals surface area contributed by atoms with Gasteiger partial charge in [-0.25, -0.2) is 0 Å². The first-order chi connectivity index (χ1) is 10.3. The number of hydrazine groups is 1. The van der Waals surface area contributed by atoms with E-state index in [1.54, 1.807) is 0 Å². The van der Waals surface area contributed by atoms with Crippen LogP contribution in [0.15, 0.2) is 48.5 Å². The molecule has 1 unspecified atom stereocenters. The van der Waals surface area contributed by atoms with Gasteiger partial charge < -0.3 is 4.74 Å². The summed E-state index contributed by atoms with van der Waals surface area (Å²) in [5, 5.41) is 0.754. The SMILES string of the molecule is CCCOc1ccccc1C(Cc1ccccc1Cl)NN. The molecule has 0 heterocycles. The van der Waals surface area contributed by atoms with Crippen molar-refractivity contribution in [1.29, 1.82) is 0 Å². The number of para-hydroxylation sites is 1. The van der Waals surface area contributed by atoms with Gasteiger partial charge in [0.1, 0.15) is 5.75 Å². The van der Waals surface area contributed by atoms with Crippen LogP contribution >= 0.6 is 11.6 Å². The van der Waals surface area contributed by atoms with Crippen molar-refractivity contribution >= 4 is 11.6 Å². The van der Waals surface area contributed by atoms with Gasteiger partial charge >= 0.3 is 0 Å². The lowest BCUT2D eigenvalue weighted by molar-refractivity contribution is 0.310. The summed E-state index contributed by atoms with van der Waals surface area (Å²) >= 11 is 6.24. The Morgan fingerprint density at radius 2 is 1.86 bits per heavy atom. The fourth-order valence-corrected chi connectivity index (χ4v) is 2.47. The number of nitrogens with one attached hydrogen (secondary N) is 1. The Bertz CT molecular complexity index is 574. The summed E-state index contributed by atoms with van der Waals surface area (Å²) in [6.07, 6.45) is 1.68. The first kappa shape index (κ1) is 15.8. The first-order valence-electron chi connectivity index (χ1n) is 7.17. The molecule has 0 saturated carbocycles. The largest absolute Gasteiger partial charge is 0.493 e. The minimum absolute atomic E-state index is 0.0436. The lowest BCUT2D eigenvalue weighted by Crippen LogP contribution is -2.30. The van der Waals surface area contributed by atoms with Crippen LogP contribution in [-0.4, -0.2) is 6.61 Å². The molecule has 2 rings (SSSR count). The molecule has 0 bridgehead atoms. The lowest BCUT2D eigenvalue weighted by Gasteiger charge is -2.20. The van der Waals surface area contributed by atoms with Crippen LogP contribution in [0.3, 0.4) is 0 Å². The summed E-state index contributed by atoms with van der Waals surface area (Å²) in [4.78, 5) is 0. The molecule has 0 saturated heterocycles. The van der Waals surface area contributed by atoms with E-state index in [2.05, 4.69) is 12.3 Å². The summed E-state index contributed by atoms with van der Waals surface area (Å²) < 4.78 is 5.81. The van der Waals surface area contributed by atoms with Crippen LogP contribution in [-0.2, 0) is 6.42 Å². The monoisotopic (exact) mass is 304 g/mol. The Morgan fingerprint density at radius 3 is 2.57 bits per heavy atom. The van der Waals surface area contributed by atoms with E-state index in [0.717, 1.165) is 28.3 Å². The van der Waals surface area contributed by atoms with Crippen molar-refractivity contribution in [2.24, 2.45) is 5.84 Å². The number of rotatable bonds is 7. The Balaban J connectivity index is 2.23. The van der Waals surface area contributed by atoms with Crippen molar-refractivity contribution in [2.45, 2.75) is 25.8 Å². The molecule has 3 N–H and O–H groups in total. The zero-order valence-corrected chi connectivity index (χ0v) is 12.9. The van der Waals surface area contributed by atoms with Crippen molar-refractivity contribution < 1.29 is 4.74 Å². The Kier molecular flexibility index (Phi) is 6.05.